The van der Waals surface area contributed by atoms with Crippen molar-refractivity contribution in [2.45, 2.75) is 64.0 Å². The first-order chi connectivity index (χ1) is 9.08. The van der Waals surface area contributed by atoms with Crippen molar-refractivity contribution in [3.05, 3.63) is 0 Å². The van der Waals surface area contributed by atoms with E-state index in [1.165, 1.54) is 0 Å². The van der Waals surface area contributed by atoms with Crippen LogP contribution in [0, 0.1) is 0 Å². The summed E-state index contributed by atoms with van der Waals surface area (Å²) >= 11 is 0. The Balaban J connectivity index is 1.84. The topological polar surface area (TPSA) is 43.8 Å². The number of likely N-dealkylation sites (N-methyl/N-ethyl adjacent to an activating group) is 1. The molecule has 1 aliphatic carbocycles. The average molecular weight is 268 g/mol. The molecule has 1 saturated heterocycles. The summed E-state index contributed by atoms with van der Waals surface area (Å²) in [7, 11) is 0. The van der Waals surface area contributed by atoms with Gasteiger partial charge < -0.3 is 10.0 Å². The van der Waals surface area contributed by atoms with Gasteiger partial charge in [-0.2, -0.15) is 0 Å². The number of amides is 1. The molecule has 19 heavy (non-hydrogen) atoms. The third kappa shape index (κ3) is 3.48. The maximum absolute atomic E-state index is 12.3. The van der Waals surface area contributed by atoms with E-state index in [2.05, 4.69) is 18.7 Å². The van der Waals surface area contributed by atoms with Crippen LogP contribution < -0.4 is 0 Å². The lowest BCUT2D eigenvalue weighted by Crippen LogP contribution is -2.40. The molecule has 0 aromatic heterocycles. The largest absolute Gasteiger partial charge is 0.389 e. The number of nitrogens with zero attached hydrogens (tertiary/aromatic N) is 2. The Kier molecular flexibility index (Phi) is 4.85. The van der Waals surface area contributed by atoms with Gasteiger partial charge >= 0.3 is 0 Å². The molecule has 4 heteroatoms. The van der Waals surface area contributed by atoms with Crippen molar-refractivity contribution in [2.24, 2.45) is 0 Å². The highest BCUT2D eigenvalue weighted by Gasteiger charge is 2.37. The number of rotatable bonds is 5. The van der Waals surface area contributed by atoms with E-state index < -0.39 is 5.60 Å². The Morgan fingerprint density at radius 2 is 1.95 bits per heavy atom. The van der Waals surface area contributed by atoms with Crippen molar-refractivity contribution >= 4 is 5.91 Å². The highest BCUT2D eigenvalue weighted by Crippen LogP contribution is 2.33. The van der Waals surface area contributed by atoms with Crippen molar-refractivity contribution in [1.29, 1.82) is 0 Å². The summed E-state index contributed by atoms with van der Waals surface area (Å²) in [6, 6.07) is 0.511. The van der Waals surface area contributed by atoms with Crippen molar-refractivity contribution in [1.82, 2.24) is 9.80 Å². The molecule has 2 aliphatic rings. The molecular weight excluding hydrogens is 240 g/mol. The van der Waals surface area contributed by atoms with Crippen LogP contribution >= 0.6 is 0 Å². The quantitative estimate of drug-likeness (QED) is 0.824. The third-order valence-electron chi connectivity index (χ3n) is 4.86. The molecule has 0 aromatic carbocycles. The van der Waals surface area contributed by atoms with E-state index in [-0.39, 0.29) is 5.91 Å². The number of likely N-dealkylation sites (tertiary alicyclic amines) is 1. The average Bonchev–Trinajstić information content (AvgIpc) is 3.00. The summed E-state index contributed by atoms with van der Waals surface area (Å²) in [5, 5.41) is 10.3. The molecule has 2 fully saturated rings. The molecule has 4 nitrogen and oxygen atoms in total. The molecule has 110 valence electrons. The molecule has 0 radical (unpaired) electrons. The third-order valence-corrected chi connectivity index (χ3v) is 4.86. The van der Waals surface area contributed by atoms with E-state index in [9.17, 15) is 9.90 Å². The molecular formula is C15H28N2O2. The van der Waals surface area contributed by atoms with E-state index in [1.807, 2.05) is 4.90 Å². The number of aliphatic hydroxyl groups is 1. The second-order valence-corrected chi connectivity index (χ2v) is 6.11. The van der Waals surface area contributed by atoms with Crippen molar-refractivity contribution in [3.63, 3.8) is 0 Å². The molecule has 1 amide bonds. The van der Waals surface area contributed by atoms with Gasteiger partial charge in [0.1, 0.15) is 0 Å². The first-order valence-corrected chi connectivity index (χ1v) is 7.82. The van der Waals surface area contributed by atoms with Gasteiger partial charge in [0.25, 0.3) is 0 Å². The number of hydrogen-bond donors (Lipinski definition) is 1. The molecule has 0 bridgehead atoms. The molecule has 1 N–H and O–H groups in total. The van der Waals surface area contributed by atoms with Gasteiger partial charge in [0.2, 0.25) is 5.91 Å². The second kappa shape index (κ2) is 6.23. The lowest BCUT2D eigenvalue weighted by atomic mass is 9.97. The monoisotopic (exact) mass is 268 g/mol. The summed E-state index contributed by atoms with van der Waals surface area (Å²) in [6.07, 6.45) is 5.12. The van der Waals surface area contributed by atoms with Crippen LogP contribution in [-0.2, 0) is 4.79 Å². The minimum absolute atomic E-state index is 0.152. The predicted octanol–water partition coefficient (Wildman–Crippen LogP) is 1.62. The van der Waals surface area contributed by atoms with Crippen molar-refractivity contribution in [3.8, 4) is 0 Å². The van der Waals surface area contributed by atoms with Crippen LogP contribution in [0.5, 0.6) is 0 Å². The van der Waals surface area contributed by atoms with Gasteiger partial charge in [0.05, 0.1) is 12.0 Å². The zero-order chi connectivity index (χ0) is 13.9. The summed E-state index contributed by atoms with van der Waals surface area (Å²) in [6.45, 7) is 8.15. The Hall–Kier alpha value is -0.610. The first kappa shape index (κ1) is 14.8. The minimum Gasteiger partial charge on any atom is -0.389 e. The molecule has 0 spiro atoms. The highest BCUT2D eigenvalue weighted by atomic mass is 16.3. The van der Waals surface area contributed by atoms with E-state index in [0.717, 1.165) is 58.3 Å². The van der Waals surface area contributed by atoms with E-state index in [1.54, 1.807) is 0 Å². The van der Waals surface area contributed by atoms with Gasteiger partial charge in [0, 0.05) is 19.1 Å². The number of carbonyl (C=O) groups is 1. The Morgan fingerprint density at radius 1 is 1.32 bits per heavy atom. The van der Waals surface area contributed by atoms with E-state index >= 15 is 0 Å². The van der Waals surface area contributed by atoms with Gasteiger partial charge in [-0.05, 0) is 32.4 Å². The molecule has 2 rings (SSSR count). The fourth-order valence-electron chi connectivity index (χ4n) is 3.61. The number of hydrogen-bond acceptors (Lipinski definition) is 3. The van der Waals surface area contributed by atoms with Crippen LogP contribution in [0.15, 0.2) is 0 Å². The van der Waals surface area contributed by atoms with Gasteiger partial charge in [-0.3, -0.25) is 9.69 Å². The van der Waals surface area contributed by atoms with Gasteiger partial charge in [-0.15, -0.1) is 0 Å². The van der Waals surface area contributed by atoms with Gasteiger partial charge in [-0.25, -0.2) is 0 Å². The van der Waals surface area contributed by atoms with Crippen molar-refractivity contribution < 1.29 is 9.90 Å². The Morgan fingerprint density at radius 3 is 2.53 bits per heavy atom. The Labute approximate surface area is 116 Å². The normalized spacial score (nSPS) is 26.3. The van der Waals surface area contributed by atoms with Crippen LogP contribution in [0.25, 0.3) is 0 Å². The summed E-state index contributed by atoms with van der Waals surface area (Å²) in [5.74, 6) is 0.152. The fourth-order valence-corrected chi connectivity index (χ4v) is 3.61. The maximum atomic E-state index is 12.3. The standard InChI is InChI=1S/C15H28N2O2/c1-3-16(4-2)13-7-10-17(12-13)14(18)11-15(19)8-5-6-9-15/h13,19H,3-12H2,1-2H3. The zero-order valence-corrected chi connectivity index (χ0v) is 12.4. The van der Waals surface area contributed by atoms with E-state index in [0.29, 0.717) is 12.5 Å². The molecule has 1 saturated carbocycles. The van der Waals surface area contributed by atoms with Crippen molar-refractivity contribution in [2.75, 3.05) is 26.2 Å². The molecule has 1 unspecified atom stereocenters. The fraction of sp³-hybridized carbons (Fsp3) is 0.933. The van der Waals surface area contributed by atoms with E-state index in [4.69, 9.17) is 0 Å². The molecule has 1 aliphatic heterocycles. The smallest absolute Gasteiger partial charge is 0.225 e. The second-order valence-electron chi connectivity index (χ2n) is 6.11. The van der Waals surface area contributed by atoms with Crippen LogP contribution in [0.1, 0.15) is 52.4 Å². The molecule has 1 heterocycles. The predicted molar refractivity (Wildman–Crippen MR) is 75.9 cm³/mol. The first-order valence-electron chi connectivity index (χ1n) is 7.82. The highest BCUT2D eigenvalue weighted by molar-refractivity contribution is 5.77. The van der Waals surface area contributed by atoms with Gasteiger partial charge in [0.15, 0.2) is 0 Å². The van der Waals surface area contributed by atoms with Crippen LogP contribution in [0.2, 0.25) is 0 Å². The SMILES string of the molecule is CCN(CC)C1CCN(C(=O)CC2(O)CCCC2)C1. The number of carbonyl (C=O) groups excluding carboxylic acids is 1. The summed E-state index contributed by atoms with van der Waals surface area (Å²) in [4.78, 5) is 16.7. The minimum atomic E-state index is -0.704. The molecule has 0 aromatic rings. The Bertz CT molecular complexity index is 309. The summed E-state index contributed by atoms with van der Waals surface area (Å²) in [5.41, 5.74) is -0.704. The summed E-state index contributed by atoms with van der Waals surface area (Å²) < 4.78 is 0. The van der Waals surface area contributed by atoms with Gasteiger partial charge in [-0.1, -0.05) is 26.7 Å². The van der Waals surface area contributed by atoms with Crippen LogP contribution in [0.4, 0.5) is 0 Å². The molecule has 1 atom stereocenters. The van der Waals surface area contributed by atoms with Crippen LogP contribution in [-0.4, -0.2) is 58.6 Å². The van der Waals surface area contributed by atoms with Crippen LogP contribution in [0.3, 0.4) is 0 Å². The zero-order valence-electron chi connectivity index (χ0n) is 12.4. The maximum Gasteiger partial charge on any atom is 0.225 e. The lowest BCUT2D eigenvalue weighted by Gasteiger charge is -2.27. The lowest BCUT2D eigenvalue weighted by molar-refractivity contribution is -0.135.